The molecule has 0 unspecified atom stereocenters. The normalized spacial score (nSPS) is 10.5. The molecule has 4 nitrogen and oxygen atoms in total. The van der Waals surface area contributed by atoms with Crippen molar-refractivity contribution >= 4 is 34.7 Å². The molecule has 0 saturated heterocycles. The quantitative estimate of drug-likeness (QED) is 0.383. The Bertz CT molecular complexity index is 975. The molecular weight excluding hydrogens is 396 g/mol. The van der Waals surface area contributed by atoms with E-state index in [0.717, 1.165) is 16.0 Å². The molecule has 1 heterocycles. The summed E-state index contributed by atoms with van der Waals surface area (Å²) in [5.41, 5.74) is 2.23. The van der Waals surface area contributed by atoms with Crippen molar-refractivity contribution < 1.29 is 19.1 Å². The Morgan fingerprint density at radius 3 is 2.32 bits per heavy atom. The number of ether oxygens (including phenoxy) is 2. The lowest BCUT2D eigenvalue weighted by atomic mass is 10.0. The predicted octanol–water partition coefficient (Wildman–Crippen LogP) is 5.41. The minimum atomic E-state index is -0.320. The molecule has 0 spiro atoms. The molecule has 0 saturated carbocycles. The number of rotatable bonds is 7. The van der Waals surface area contributed by atoms with Crippen LogP contribution in [0.3, 0.4) is 0 Å². The van der Waals surface area contributed by atoms with Crippen LogP contribution in [0.15, 0.2) is 54.6 Å². The molecule has 144 valence electrons. The van der Waals surface area contributed by atoms with Gasteiger partial charge in [-0.05, 0) is 60.5 Å². The van der Waals surface area contributed by atoms with Gasteiger partial charge in [0, 0.05) is 15.5 Å². The van der Waals surface area contributed by atoms with Gasteiger partial charge in [0.15, 0.2) is 0 Å². The zero-order valence-electron chi connectivity index (χ0n) is 15.5. The summed E-state index contributed by atoms with van der Waals surface area (Å²) in [4.78, 5) is 26.4. The molecule has 28 heavy (non-hydrogen) atoms. The molecule has 6 heteroatoms. The first-order chi connectivity index (χ1) is 13.5. The van der Waals surface area contributed by atoms with Crippen molar-refractivity contribution in [2.24, 2.45) is 0 Å². The summed E-state index contributed by atoms with van der Waals surface area (Å²) < 4.78 is 10.2. The maximum atomic E-state index is 12.9. The van der Waals surface area contributed by atoms with E-state index in [1.54, 1.807) is 56.5 Å². The Morgan fingerprint density at radius 2 is 1.71 bits per heavy atom. The fourth-order valence-corrected chi connectivity index (χ4v) is 4.04. The third kappa shape index (κ3) is 4.61. The largest absolute Gasteiger partial charge is 0.497 e. The number of hydrogen-bond acceptors (Lipinski definition) is 5. The second kappa shape index (κ2) is 9.04. The summed E-state index contributed by atoms with van der Waals surface area (Å²) in [6.45, 7) is 2.08. The Hall–Kier alpha value is -2.63. The van der Waals surface area contributed by atoms with Gasteiger partial charge in [-0.25, -0.2) is 0 Å². The van der Waals surface area contributed by atoms with Gasteiger partial charge < -0.3 is 9.47 Å². The molecule has 0 bridgehead atoms. The molecule has 0 amide bonds. The molecule has 1 aromatic heterocycles. The zero-order chi connectivity index (χ0) is 20.1. The predicted molar refractivity (Wildman–Crippen MR) is 112 cm³/mol. The molecule has 2 aromatic carbocycles. The van der Waals surface area contributed by atoms with Gasteiger partial charge in [-0.1, -0.05) is 23.7 Å². The zero-order valence-corrected chi connectivity index (χ0v) is 17.1. The van der Waals surface area contributed by atoms with E-state index in [0.29, 0.717) is 27.8 Å². The van der Waals surface area contributed by atoms with E-state index in [-0.39, 0.29) is 18.2 Å². The number of esters is 1. The molecule has 0 aliphatic carbocycles. The molecule has 3 aromatic rings. The van der Waals surface area contributed by atoms with E-state index in [1.165, 1.54) is 11.3 Å². The third-order valence-electron chi connectivity index (χ3n) is 4.13. The maximum Gasteiger partial charge on any atom is 0.310 e. The highest BCUT2D eigenvalue weighted by atomic mass is 35.5. The minimum absolute atomic E-state index is 0.0991. The molecule has 0 aliphatic heterocycles. The lowest BCUT2D eigenvalue weighted by Gasteiger charge is -2.04. The molecule has 0 atom stereocenters. The first-order valence-corrected chi connectivity index (χ1v) is 9.94. The van der Waals surface area contributed by atoms with Crippen LogP contribution in [0, 0.1) is 0 Å². The van der Waals surface area contributed by atoms with E-state index in [1.807, 2.05) is 12.1 Å². The molecule has 0 fully saturated rings. The van der Waals surface area contributed by atoms with Gasteiger partial charge in [0.05, 0.1) is 25.0 Å². The molecule has 3 rings (SSSR count). The maximum absolute atomic E-state index is 12.9. The van der Waals surface area contributed by atoms with Crippen molar-refractivity contribution in [1.82, 2.24) is 0 Å². The number of ketones is 1. The standard InChI is InChI=1S/C22H19ClO4S/c1-3-27-20(24)13-16-12-19(21(25)14-6-10-18(26-2)11-7-14)28-22(16)15-4-8-17(23)9-5-15/h4-12H,3,13H2,1-2H3. The van der Waals surface area contributed by atoms with E-state index >= 15 is 0 Å². The van der Waals surface area contributed by atoms with Crippen molar-refractivity contribution in [3.8, 4) is 16.2 Å². The van der Waals surface area contributed by atoms with Crippen LogP contribution >= 0.6 is 22.9 Å². The SMILES string of the molecule is CCOC(=O)Cc1cc(C(=O)c2ccc(OC)cc2)sc1-c1ccc(Cl)cc1. The van der Waals surface area contributed by atoms with Crippen LogP contribution in [-0.2, 0) is 16.0 Å². The highest BCUT2D eigenvalue weighted by Gasteiger charge is 2.19. The number of thiophene rings is 1. The second-order valence-electron chi connectivity index (χ2n) is 6.01. The fraction of sp³-hybridized carbons (Fsp3) is 0.182. The van der Waals surface area contributed by atoms with Crippen LogP contribution in [0.4, 0.5) is 0 Å². The van der Waals surface area contributed by atoms with Crippen LogP contribution in [0.5, 0.6) is 5.75 Å². The second-order valence-corrected chi connectivity index (χ2v) is 7.50. The van der Waals surface area contributed by atoms with Crippen molar-refractivity contribution in [2.45, 2.75) is 13.3 Å². The minimum Gasteiger partial charge on any atom is -0.497 e. The summed E-state index contributed by atoms with van der Waals surface area (Å²) in [6.07, 6.45) is 0.109. The van der Waals surface area contributed by atoms with E-state index in [2.05, 4.69) is 0 Å². The molecule has 0 radical (unpaired) electrons. The Balaban J connectivity index is 1.98. The van der Waals surface area contributed by atoms with Gasteiger partial charge in [-0.15, -0.1) is 11.3 Å². The Labute approximate surface area is 172 Å². The summed E-state index contributed by atoms with van der Waals surface area (Å²) in [7, 11) is 1.58. The average molecular weight is 415 g/mol. The van der Waals surface area contributed by atoms with Crippen molar-refractivity contribution in [3.05, 3.63) is 75.6 Å². The van der Waals surface area contributed by atoms with E-state index in [4.69, 9.17) is 21.1 Å². The lowest BCUT2D eigenvalue weighted by Crippen LogP contribution is -2.07. The summed E-state index contributed by atoms with van der Waals surface area (Å²) in [6, 6.07) is 16.1. The first kappa shape index (κ1) is 20.1. The van der Waals surface area contributed by atoms with Crippen LogP contribution in [0.2, 0.25) is 5.02 Å². The van der Waals surface area contributed by atoms with E-state index in [9.17, 15) is 9.59 Å². The van der Waals surface area contributed by atoms with Crippen molar-refractivity contribution in [3.63, 3.8) is 0 Å². The molecule has 0 N–H and O–H groups in total. The number of carbonyl (C=O) groups is 2. The Morgan fingerprint density at radius 1 is 1.04 bits per heavy atom. The van der Waals surface area contributed by atoms with Gasteiger partial charge in [-0.2, -0.15) is 0 Å². The number of hydrogen-bond donors (Lipinski definition) is 0. The monoisotopic (exact) mass is 414 g/mol. The first-order valence-electron chi connectivity index (χ1n) is 8.74. The smallest absolute Gasteiger partial charge is 0.310 e. The average Bonchev–Trinajstić information content (AvgIpc) is 3.12. The summed E-state index contributed by atoms with van der Waals surface area (Å²) in [5.74, 6) is 0.268. The number of benzene rings is 2. The molecular formula is C22H19ClO4S. The van der Waals surface area contributed by atoms with Crippen LogP contribution in [0.25, 0.3) is 10.4 Å². The van der Waals surface area contributed by atoms with Gasteiger partial charge in [-0.3, -0.25) is 9.59 Å². The third-order valence-corrected chi connectivity index (χ3v) is 5.61. The van der Waals surface area contributed by atoms with Gasteiger partial charge >= 0.3 is 5.97 Å². The van der Waals surface area contributed by atoms with Gasteiger partial charge in [0.25, 0.3) is 0 Å². The van der Waals surface area contributed by atoms with Gasteiger partial charge in [0.2, 0.25) is 5.78 Å². The number of methoxy groups -OCH3 is 1. The highest BCUT2D eigenvalue weighted by molar-refractivity contribution is 7.17. The fourth-order valence-electron chi connectivity index (χ4n) is 2.77. The summed E-state index contributed by atoms with van der Waals surface area (Å²) in [5, 5.41) is 0.627. The molecule has 0 aliphatic rings. The van der Waals surface area contributed by atoms with Crippen LogP contribution in [-0.4, -0.2) is 25.5 Å². The lowest BCUT2D eigenvalue weighted by molar-refractivity contribution is -0.142. The van der Waals surface area contributed by atoms with Crippen LogP contribution in [0.1, 0.15) is 27.7 Å². The van der Waals surface area contributed by atoms with Crippen molar-refractivity contribution in [2.75, 3.05) is 13.7 Å². The summed E-state index contributed by atoms with van der Waals surface area (Å²) >= 11 is 7.35. The topological polar surface area (TPSA) is 52.6 Å². The van der Waals surface area contributed by atoms with Crippen molar-refractivity contribution in [1.29, 1.82) is 0 Å². The number of carbonyl (C=O) groups excluding carboxylic acids is 2. The van der Waals surface area contributed by atoms with Crippen LogP contribution < -0.4 is 4.74 Å². The Kier molecular flexibility index (Phi) is 6.49. The highest BCUT2D eigenvalue weighted by Crippen LogP contribution is 2.35. The van der Waals surface area contributed by atoms with Gasteiger partial charge in [0.1, 0.15) is 5.75 Å². The van der Waals surface area contributed by atoms with E-state index < -0.39 is 0 Å². The number of halogens is 1.